The van der Waals surface area contributed by atoms with Crippen LogP contribution in [0.3, 0.4) is 0 Å². The smallest absolute Gasteiger partial charge is 0.124 e. The number of methoxy groups -OCH3 is 2. The van der Waals surface area contributed by atoms with Gasteiger partial charge in [0, 0.05) is 43.0 Å². The first-order chi connectivity index (χ1) is 9.12. The van der Waals surface area contributed by atoms with Crippen LogP contribution >= 0.6 is 0 Å². The molecule has 0 amide bonds. The Morgan fingerprint density at radius 1 is 1.26 bits per heavy atom. The minimum Gasteiger partial charge on any atom is -0.497 e. The molecule has 0 spiro atoms. The molecule has 0 aromatic heterocycles. The van der Waals surface area contributed by atoms with Crippen molar-refractivity contribution in [2.45, 2.75) is 25.8 Å². The molecule has 2 rings (SSSR count). The van der Waals surface area contributed by atoms with Crippen molar-refractivity contribution in [3.8, 4) is 11.5 Å². The Morgan fingerprint density at radius 3 is 2.42 bits per heavy atom. The van der Waals surface area contributed by atoms with Gasteiger partial charge in [0.1, 0.15) is 11.5 Å². The maximum absolute atomic E-state index is 5.89. The monoisotopic (exact) mass is 264 g/mol. The van der Waals surface area contributed by atoms with Crippen molar-refractivity contribution in [3.05, 3.63) is 18.2 Å². The normalized spacial score (nSPS) is 20.4. The Bertz CT molecular complexity index is 398. The summed E-state index contributed by atoms with van der Waals surface area (Å²) in [5.41, 5.74) is 7.06. The third-order valence-corrected chi connectivity index (χ3v) is 3.69. The molecule has 4 heteroatoms. The number of hydrogen-bond acceptors (Lipinski definition) is 4. The number of hydrogen-bond donors (Lipinski definition) is 1. The number of anilines is 1. The fraction of sp³-hybridized carbons (Fsp3) is 0.600. The van der Waals surface area contributed by atoms with Gasteiger partial charge in [-0.3, -0.25) is 0 Å². The van der Waals surface area contributed by atoms with E-state index in [0.29, 0.717) is 5.92 Å². The second kappa shape index (κ2) is 6.15. The van der Waals surface area contributed by atoms with Crippen LogP contribution in [0.25, 0.3) is 0 Å². The SMILES string of the molecule is COc1cc(OC)cc(N2CCC(CC(C)N)C2)c1. The summed E-state index contributed by atoms with van der Waals surface area (Å²) in [6.07, 6.45) is 2.30. The lowest BCUT2D eigenvalue weighted by molar-refractivity contribution is 0.394. The molecule has 0 bridgehead atoms. The van der Waals surface area contributed by atoms with Gasteiger partial charge in [-0.05, 0) is 25.7 Å². The average Bonchev–Trinajstić information content (AvgIpc) is 2.85. The molecule has 1 heterocycles. The van der Waals surface area contributed by atoms with Gasteiger partial charge < -0.3 is 20.1 Å². The van der Waals surface area contributed by atoms with E-state index in [0.717, 1.165) is 31.0 Å². The highest BCUT2D eigenvalue weighted by atomic mass is 16.5. The third-order valence-electron chi connectivity index (χ3n) is 3.69. The van der Waals surface area contributed by atoms with E-state index in [1.54, 1.807) is 14.2 Å². The second-order valence-corrected chi connectivity index (χ2v) is 5.38. The topological polar surface area (TPSA) is 47.7 Å². The van der Waals surface area contributed by atoms with E-state index in [2.05, 4.69) is 24.0 Å². The number of benzene rings is 1. The van der Waals surface area contributed by atoms with Crippen LogP contribution in [0.1, 0.15) is 19.8 Å². The molecule has 1 aromatic rings. The zero-order valence-corrected chi connectivity index (χ0v) is 12.1. The summed E-state index contributed by atoms with van der Waals surface area (Å²) < 4.78 is 10.6. The highest BCUT2D eigenvalue weighted by molar-refractivity contribution is 5.56. The molecule has 1 aromatic carbocycles. The summed E-state index contributed by atoms with van der Waals surface area (Å²) in [5.74, 6) is 2.37. The first-order valence-corrected chi connectivity index (χ1v) is 6.86. The largest absolute Gasteiger partial charge is 0.497 e. The number of nitrogens with zero attached hydrogens (tertiary/aromatic N) is 1. The van der Waals surface area contributed by atoms with E-state index in [1.807, 2.05) is 6.07 Å². The number of ether oxygens (including phenoxy) is 2. The Balaban J connectivity index is 2.10. The van der Waals surface area contributed by atoms with Crippen molar-refractivity contribution >= 4 is 5.69 Å². The highest BCUT2D eigenvalue weighted by Gasteiger charge is 2.24. The fourth-order valence-electron chi connectivity index (χ4n) is 2.76. The molecular weight excluding hydrogens is 240 g/mol. The van der Waals surface area contributed by atoms with Crippen molar-refractivity contribution in [2.75, 3.05) is 32.2 Å². The van der Waals surface area contributed by atoms with Gasteiger partial charge in [-0.2, -0.15) is 0 Å². The lowest BCUT2D eigenvalue weighted by Crippen LogP contribution is -2.23. The first kappa shape index (κ1) is 14.0. The van der Waals surface area contributed by atoms with E-state index in [4.69, 9.17) is 15.2 Å². The van der Waals surface area contributed by atoms with Crippen LogP contribution in [0, 0.1) is 5.92 Å². The maximum atomic E-state index is 5.89. The summed E-state index contributed by atoms with van der Waals surface area (Å²) in [6.45, 7) is 4.23. The van der Waals surface area contributed by atoms with E-state index in [9.17, 15) is 0 Å². The molecule has 1 aliphatic rings. The second-order valence-electron chi connectivity index (χ2n) is 5.38. The van der Waals surface area contributed by atoms with Gasteiger partial charge in [0.25, 0.3) is 0 Å². The zero-order valence-electron chi connectivity index (χ0n) is 12.1. The molecule has 19 heavy (non-hydrogen) atoms. The molecule has 0 saturated carbocycles. The minimum absolute atomic E-state index is 0.282. The zero-order chi connectivity index (χ0) is 13.8. The lowest BCUT2D eigenvalue weighted by atomic mass is 10.0. The Labute approximate surface area is 115 Å². The first-order valence-electron chi connectivity index (χ1n) is 6.86. The summed E-state index contributed by atoms with van der Waals surface area (Å²) in [6, 6.07) is 6.32. The molecule has 1 fully saturated rings. The van der Waals surface area contributed by atoms with Gasteiger partial charge in [-0.15, -0.1) is 0 Å². The molecule has 0 aliphatic carbocycles. The van der Waals surface area contributed by atoms with Crippen LogP contribution in [0.2, 0.25) is 0 Å². The molecule has 2 N–H and O–H groups in total. The molecule has 4 nitrogen and oxygen atoms in total. The molecule has 0 radical (unpaired) electrons. The summed E-state index contributed by atoms with van der Waals surface area (Å²) in [4.78, 5) is 2.39. The predicted octanol–water partition coefficient (Wildman–Crippen LogP) is 2.27. The fourth-order valence-corrected chi connectivity index (χ4v) is 2.76. The van der Waals surface area contributed by atoms with Crippen LogP contribution in [-0.4, -0.2) is 33.4 Å². The van der Waals surface area contributed by atoms with Gasteiger partial charge in [0.05, 0.1) is 14.2 Å². The van der Waals surface area contributed by atoms with Gasteiger partial charge >= 0.3 is 0 Å². The molecule has 2 atom stereocenters. The van der Waals surface area contributed by atoms with Crippen molar-refractivity contribution in [2.24, 2.45) is 11.7 Å². The Kier molecular flexibility index (Phi) is 4.53. The van der Waals surface area contributed by atoms with Crippen LogP contribution in [0.5, 0.6) is 11.5 Å². The van der Waals surface area contributed by atoms with Gasteiger partial charge in [-0.1, -0.05) is 0 Å². The quantitative estimate of drug-likeness (QED) is 0.886. The summed E-state index contributed by atoms with van der Waals surface area (Å²) >= 11 is 0. The van der Waals surface area contributed by atoms with Crippen LogP contribution < -0.4 is 20.1 Å². The van der Waals surface area contributed by atoms with Crippen molar-refractivity contribution < 1.29 is 9.47 Å². The number of rotatable bonds is 5. The Morgan fingerprint density at radius 2 is 1.89 bits per heavy atom. The summed E-state index contributed by atoms with van der Waals surface area (Å²) in [7, 11) is 3.36. The van der Waals surface area contributed by atoms with E-state index in [1.165, 1.54) is 12.1 Å². The van der Waals surface area contributed by atoms with Crippen molar-refractivity contribution in [1.82, 2.24) is 0 Å². The lowest BCUT2D eigenvalue weighted by Gasteiger charge is -2.20. The van der Waals surface area contributed by atoms with Crippen molar-refractivity contribution in [1.29, 1.82) is 0 Å². The van der Waals surface area contributed by atoms with Crippen LogP contribution in [0.15, 0.2) is 18.2 Å². The van der Waals surface area contributed by atoms with Gasteiger partial charge in [0.15, 0.2) is 0 Å². The number of nitrogens with two attached hydrogens (primary N) is 1. The van der Waals surface area contributed by atoms with E-state index < -0.39 is 0 Å². The Hall–Kier alpha value is -1.42. The van der Waals surface area contributed by atoms with Crippen LogP contribution in [0.4, 0.5) is 5.69 Å². The molecule has 2 unspecified atom stereocenters. The molecular formula is C15H24N2O2. The highest BCUT2D eigenvalue weighted by Crippen LogP contribution is 2.32. The minimum atomic E-state index is 0.282. The van der Waals surface area contributed by atoms with E-state index in [-0.39, 0.29) is 6.04 Å². The van der Waals surface area contributed by atoms with Gasteiger partial charge in [0.2, 0.25) is 0 Å². The average molecular weight is 264 g/mol. The standard InChI is InChI=1S/C15H24N2O2/c1-11(16)6-12-4-5-17(10-12)13-7-14(18-2)9-15(8-13)19-3/h7-9,11-12H,4-6,10,16H2,1-3H3. The maximum Gasteiger partial charge on any atom is 0.124 e. The predicted molar refractivity (Wildman–Crippen MR) is 78.1 cm³/mol. The van der Waals surface area contributed by atoms with Crippen LogP contribution in [-0.2, 0) is 0 Å². The molecule has 1 aliphatic heterocycles. The van der Waals surface area contributed by atoms with E-state index >= 15 is 0 Å². The summed E-state index contributed by atoms with van der Waals surface area (Å²) in [5, 5.41) is 0. The van der Waals surface area contributed by atoms with Gasteiger partial charge in [-0.25, -0.2) is 0 Å². The third kappa shape index (κ3) is 3.53. The molecule has 1 saturated heterocycles. The van der Waals surface area contributed by atoms with Crippen molar-refractivity contribution in [3.63, 3.8) is 0 Å². The molecule has 106 valence electrons.